The molecule has 35 heavy (non-hydrogen) atoms. The summed E-state index contributed by atoms with van der Waals surface area (Å²) in [6, 6.07) is 24.2. The van der Waals surface area contributed by atoms with Crippen LogP contribution < -0.4 is 0 Å². The van der Waals surface area contributed by atoms with E-state index in [1.54, 1.807) is 0 Å². The lowest BCUT2D eigenvalue weighted by Gasteiger charge is -2.28. The van der Waals surface area contributed by atoms with E-state index in [-0.39, 0.29) is 3.55 Å². The lowest BCUT2D eigenvalue weighted by Crippen LogP contribution is -2.23. The van der Waals surface area contributed by atoms with Crippen LogP contribution >= 0.6 is 22.6 Å². The average Bonchev–Trinajstić information content (AvgIpc) is 3.37. The number of halogens is 1. The summed E-state index contributed by atoms with van der Waals surface area (Å²) in [5.41, 5.74) is 7.25. The molecule has 2 heterocycles. The second-order valence-corrected chi connectivity index (χ2v) is 10.8. The Morgan fingerprint density at radius 1 is 0.857 bits per heavy atom. The van der Waals surface area contributed by atoms with Gasteiger partial charge in [-0.05, 0) is 73.2 Å². The van der Waals surface area contributed by atoms with Crippen LogP contribution in [0.3, 0.4) is 0 Å². The Hall–Kier alpha value is -3.05. The summed E-state index contributed by atoms with van der Waals surface area (Å²) in [6.07, 6.45) is 13.0. The first-order chi connectivity index (χ1) is 17.1. The molecule has 0 bridgehead atoms. The van der Waals surface area contributed by atoms with Gasteiger partial charge in [-0.25, -0.2) is 0 Å². The normalized spacial score (nSPS) is 14.1. The Morgan fingerprint density at radius 2 is 1.54 bits per heavy atom. The zero-order valence-corrected chi connectivity index (χ0v) is 22.8. The van der Waals surface area contributed by atoms with E-state index in [0.29, 0.717) is 0 Å². The molecule has 0 amide bonds. The molecule has 0 aliphatic heterocycles. The first-order valence-corrected chi connectivity index (χ1v) is 13.4. The van der Waals surface area contributed by atoms with Gasteiger partial charge in [0.05, 0.1) is 27.9 Å². The van der Waals surface area contributed by atoms with Crippen LogP contribution in [-0.2, 0) is 3.55 Å². The van der Waals surface area contributed by atoms with Crippen molar-refractivity contribution in [2.24, 2.45) is 0 Å². The van der Waals surface area contributed by atoms with E-state index in [2.05, 4.69) is 150 Å². The maximum absolute atomic E-state index is 4.16. The predicted octanol–water partition coefficient (Wildman–Crippen LogP) is 9.88. The van der Waals surface area contributed by atoms with E-state index in [0.717, 1.165) is 18.5 Å². The van der Waals surface area contributed by atoms with E-state index in [4.69, 9.17) is 0 Å². The molecule has 176 valence electrons. The van der Waals surface area contributed by atoms with Crippen molar-refractivity contribution in [3.8, 4) is 5.69 Å². The topological polar surface area (TPSA) is 9.86 Å². The highest BCUT2D eigenvalue weighted by atomic mass is 127. The number of benzene rings is 3. The summed E-state index contributed by atoms with van der Waals surface area (Å²) < 4.78 is 4.81. The quantitative estimate of drug-likeness (QED) is 0.105. The molecule has 0 aliphatic rings. The number of hydrogen-bond donors (Lipinski definition) is 0. The molecule has 0 saturated carbocycles. The van der Waals surface area contributed by atoms with Gasteiger partial charge in [0, 0.05) is 21.7 Å². The summed E-state index contributed by atoms with van der Waals surface area (Å²) in [4.78, 5) is 0. The maximum Gasteiger partial charge on any atom is 0.115 e. The van der Waals surface area contributed by atoms with Gasteiger partial charge in [-0.15, -0.1) is 0 Å². The second-order valence-electron chi connectivity index (χ2n) is 8.95. The molecular weight excluding hydrogens is 539 g/mol. The summed E-state index contributed by atoms with van der Waals surface area (Å²) in [7, 11) is 0. The highest BCUT2D eigenvalue weighted by Gasteiger charge is 2.29. The van der Waals surface area contributed by atoms with Gasteiger partial charge in [-0.3, -0.25) is 0 Å². The molecule has 1 atom stereocenters. The van der Waals surface area contributed by atoms with Gasteiger partial charge in [-0.1, -0.05) is 86.7 Å². The van der Waals surface area contributed by atoms with Crippen molar-refractivity contribution < 1.29 is 0 Å². The second kappa shape index (κ2) is 9.54. The van der Waals surface area contributed by atoms with Gasteiger partial charge in [-0.2, -0.15) is 0 Å². The Bertz CT molecular complexity index is 1610. The summed E-state index contributed by atoms with van der Waals surface area (Å²) in [6.45, 7) is 10.6. The van der Waals surface area contributed by atoms with Crippen molar-refractivity contribution in [1.82, 2.24) is 9.13 Å². The third-order valence-corrected chi connectivity index (χ3v) is 8.17. The standard InChI is InChI=1S/C32H31IN2/c1-5-14-26-23(8-4)24-15-9-11-17-27(24)34(26)29-19-13-20-30-31(29)25-16-10-12-18-28(25)35(30)32(33,21-6-2)22-7-3/h5-6,8-21H,4,7,22H2,1-3H3/b14-5-,21-6-. The minimum Gasteiger partial charge on any atom is -0.322 e. The first kappa shape index (κ1) is 23.7. The number of allylic oxidation sites excluding steroid dienone is 3. The molecule has 0 N–H and O–H groups in total. The molecule has 0 radical (unpaired) electrons. The number of aromatic nitrogens is 2. The highest BCUT2D eigenvalue weighted by Crippen LogP contribution is 2.44. The van der Waals surface area contributed by atoms with Crippen LogP contribution in [0.15, 0.2) is 91.5 Å². The van der Waals surface area contributed by atoms with Crippen LogP contribution in [0.5, 0.6) is 0 Å². The third-order valence-electron chi connectivity index (χ3n) is 6.79. The fourth-order valence-corrected chi connectivity index (χ4v) is 6.96. The van der Waals surface area contributed by atoms with Crippen molar-refractivity contribution in [3.05, 3.63) is 103 Å². The smallest absolute Gasteiger partial charge is 0.115 e. The van der Waals surface area contributed by atoms with Gasteiger partial charge in [0.25, 0.3) is 0 Å². The molecule has 0 saturated heterocycles. The van der Waals surface area contributed by atoms with Gasteiger partial charge in [0.15, 0.2) is 0 Å². The molecule has 5 rings (SSSR count). The molecule has 0 aliphatic carbocycles. The van der Waals surface area contributed by atoms with Crippen LogP contribution in [0, 0.1) is 0 Å². The van der Waals surface area contributed by atoms with Crippen molar-refractivity contribution in [2.75, 3.05) is 0 Å². The number of para-hydroxylation sites is 2. The molecule has 5 aromatic rings. The first-order valence-electron chi connectivity index (χ1n) is 12.3. The number of fused-ring (bicyclic) bond motifs is 4. The van der Waals surface area contributed by atoms with Crippen LogP contribution in [0.1, 0.15) is 44.9 Å². The van der Waals surface area contributed by atoms with Crippen molar-refractivity contribution in [2.45, 2.75) is 37.2 Å². The lowest BCUT2D eigenvalue weighted by molar-refractivity contribution is 0.551. The lowest BCUT2D eigenvalue weighted by atomic mass is 10.1. The predicted molar refractivity (Wildman–Crippen MR) is 163 cm³/mol. The molecule has 2 nitrogen and oxygen atoms in total. The largest absolute Gasteiger partial charge is 0.322 e. The van der Waals surface area contributed by atoms with E-state index in [1.165, 1.54) is 44.0 Å². The van der Waals surface area contributed by atoms with E-state index in [9.17, 15) is 0 Å². The Labute approximate surface area is 221 Å². The molecule has 2 aromatic heterocycles. The van der Waals surface area contributed by atoms with Crippen molar-refractivity contribution in [3.63, 3.8) is 0 Å². The Balaban J connectivity index is 1.99. The summed E-state index contributed by atoms with van der Waals surface area (Å²) in [5.74, 6) is 0. The van der Waals surface area contributed by atoms with Gasteiger partial charge >= 0.3 is 0 Å². The van der Waals surface area contributed by atoms with Gasteiger partial charge < -0.3 is 9.13 Å². The average molecular weight is 571 g/mol. The van der Waals surface area contributed by atoms with Crippen LogP contribution in [0.25, 0.3) is 50.5 Å². The SMILES string of the molecule is C=Cc1c(/C=C\C)n(-c2cccc3c2c2ccccc2n3C(I)(/C=C\C)CCC)c2ccccc12. The van der Waals surface area contributed by atoms with Crippen LogP contribution in [0.2, 0.25) is 0 Å². The fourth-order valence-electron chi connectivity index (χ4n) is 5.54. The molecule has 0 spiro atoms. The van der Waals surface area contributed by atoms with Crippen LogP contribution in [0.4, 0.5) is 0 Å². The monoisotopic (exact) mass is 570 g/mol. The molecule has 3 aromatic carbocycles. The van der Waals surface area contributed by atoms with Gasteiger partial charge in [0.2, 0.25) is 0 Å². The molecule has 1 unspecified atom stereocenters. The zero-order valence-electron chi connectivity index (χ0n) is 20.6. The summed E-state index contributed by atoms with van der Waals surface area (Å²) in [5, 5.41) is 3.79. The van der Waals surface area contributed by atoms with E-state index >= 15 is 0 Å². The Kier molecular flexibility index (Phi) is 6.45. The van der Waals surface area contributed by atoms with Crippen molar-refractivity contribution in [1.29, 1.82) is 0 Å². The number of alkyl halides is 1. The minimum atomic E-state index is -0.140. The third kappa shape index (κ3) is 3.68. The molecule has 3 heteroatoms. The van der Waals surface area contributed by atoms with Crippen molar-refractivity contribution >= 4 is 67.5 Å². The molecule has 0 fully saturated rings. The summed E-state index contributed by atoms with van der Waals surface area (Å²) >= 11 is 2.65. The Morgan fingerprint density at radius 3 is 2.23 bits per heavy atom. The highest BCUT2D eigenvalue weighted by molar-refractivity contribution is 14.1. The fraction of sp³-hybridized carbons (Fsp3) is 0.188. The number of hydrogen-bond acceptors (Lipinski definition) is 0. The zero-order chi connectivity index (χ0) is 24.6. The van der Waals surface area contributed by atoms with E-state index < -0.39 is 0 Å². The number of nitrogens with zero attached hydrogens (tertiary/aromatic N) is 2. The minimum absolute atomic E-state index is 0.140. The van der Waals surface area contributed by atoms with Gasteiger partial charge in [0.1, 0.15) is 3.55 Å². The van der Waals surface area contributed by atoms with E-state index in [1.807, 2.05) is 6.08 Å². The number of rotatable bonds is 7. The van der Waals surface area contributed by atoms with Crippen LogP contribution in [-0.4, -0.2) is 9.13 Å². The maximum atomic E-state index is 4.16. The molecular formula is C32H31IN2.